The molecule has 6 heteroatoms. The topological polar surface area (TPSA) is 79.3 Å². The molecule has 0 spiro atoms. The van der Waals surface area contributed by atoms with Crippen LogP contribution in [0.4, 0.5) is 5.69 Å². The summed E-state index contributed by atoms with van der Waals surface area (Å²) in [6.45, 7) is 1.95. The van der Waals surface area contributed by atoms with E-state index in [2.05, 4.69) is 10.3 Å². The molecule has 1 aliphatic rings. The summed E-state index contributed by atoms with van der Waals surface area (Å²) in [5.41, 5.74) is 2.66. The van der Waals surface area contributed by atoms with Gasteiger partial charge in [0.25, 0.3) is 0 Å². The van der Waals surface area contributed by atoms with Gasteiger partial charge in [-0.3, -0.25) is 9.59 Å². The lowest BCUT2D eigenvalue weighted by atomic mass is 10.2. The van der Waals surface area contributed by atoms with Crippen LogP contribution in [-0.4, -0.2) is 22.0 Å². The third-order valence-corrected chi connectivity index (χ3v) is 4.47. The van der Waals surface area contributed by atoms with Gasteiger partial charge in [0, 0.05) is 22.3 Å². The first-order valence-corrected chi connectivity index (χ1v) is 7.49. The second-order valence-electron chi connectivity index (χ2n) is 5.15. The highest BCUT2D eigenvalue weighted by Gasteiger charge is 2.48. The Hall–Kier alpha value is -2.21. The van der Waals surface area contributed by atoms with Gasteiger partial charge in [-0.05, 0) is 37.6 Å². The number of aromatic nitrogens is 1. The number of rotatable bonds is 4. The van der Waals surface area contributed by atoms with Crippen molar-refractivity contribution in [3.63, 3.8) is 0 Å². The molecule has 2 aromatic rings. The number of thiazole rings is 1. The maximum atomic E-state index is 11.9. The highest BCUT2D eigenvalue weighted by Crippen LogP contribution is 2.39. The summed E-state index contributed by atoms with van der Waals surface area (Å²) in [5, 5.41) is 14.5. The molecule has 5 nitrogen and oxygen atoms in total. The number of carboxylic acids is 1. The van der Waals surface area contributed by atoms with Gasteiger partial charge < -0.3 is 10.4 Å². The van der Waals surface area contributed by atoms with E-state index in [1.54, 1.807) is 11.3 Å². The molecule has 0 saturated heterocycles. The summed E-state index contributed by atoms with van der Waals surface area (Å²) in [7, 11) is 0. The number of benzene rings is 1. The SMILES string of the molecule is Cc1csc(-c2ccc(NC(=O)C3CC3C(=O)O)cc2)n1. The second kappa shape index (κ2) is 5.29. The normalized spacial score (nSPS) is 20.0. The Morgan fingerprint density at radius 1 is 1.29 bits per heavy atom. The van der Waals surface area contributed by atoms with Crippen LogP contribution in [0.2, 0.25) is 0 Å². The molecule has 1 fully saturated rings. The van der Waals surface area contributed by atoms with Gasteiger partial charge in [-0.25, -0.2) is 4.98 Å². The van der Waals surface area contributed by atoms with Gasteiger partial charge in [-0.2, -0.15) is 0 Å². The van der Waals surface area contributed by atoms with Crippen LogP contribution < -0.4 is 5.32 Å². The molecule has 2 unspecified atom stereocenters. The molecule has 0 aliphatic heterocycles. The number of aliphatic carboxylic acids is 1. The Bertz CT molecular complexity index is 693. The van der Waals surface area contributed by atoms with Gasteiger partial charge in [0.15, 0.2) is 0 Å². The molecule has 2 atom stereocenters. The molecule has 21 heavy (non-hydrogen) atoms. The number of carboxylic acid groups (broad SMARTS) is 1. The van der Waals surface area contributed by atoms with E-state index in [1.165, 1.54) is 0 Å². The quantitative estimate of drug-likeness (QED) is 0.910. The van der Waals surface area contributed by atoms with E-state index in [0.717, 1.165) is 16.3 Å². The number of hydrogen-bond donors (Lipinski definition) is 2. The number of aryl methyl sites for hydroxylation is 1. The van der Waals surface area contributed by atoms with Crippen molar-refractivity contribution in [3.05, 3.63) is 35.3 Å². The smallest absolute Gasteiger partial charge is 0.307 e. The van der Waals surface area contributed by atoms with E-state index in [4.69, 9.17) is 5.11 Å². The molecule has 1 saturated carbocycles. The Morgan fingerprint density at radius 3 is 2.52 bits per heavy atom. The van der Waals surface area contributed by atoms with Crippen LogP contribution in [0.3, 0.4) is 0 Å². The Balaban J connectivity index is 1.65. The van der Waals surface area contributed by atoms with Gasteiger partial charge in [0.1, 0.15) is 5.01 Å². The summed E-state index contributed by atoms with van der Waals surface area (Å²) < 4.78 is 0. The number of carbonyl (C=O) groups excluding carboxylic acids is 1. The summed E-state index contributed by atoms with van der Waals surface area (Å²) in [6.07, 6.45) is 0.428. The Morgan fingerprint density at radius 2 is 2.00 bits per heavy atom. The molecule has 2 N–H and O–H groups in total. The van der Waals surface area contributed by atoms with Crippen LogP contribution in [0.5, 0.6) is 0 Å². The van der Waals surface area contributed by atoms with Gasteiger partial charge in [0.2, 0.25) is 5.91 Å². The summed E-state index contributed by atoms with van der Waals surface area (Å²) >= 11 is 1.58. The zero-order valence-electron chi connectivity index (χ0n) is 11.4. The van der Waals surface area contributed by atoms with Crippen molar-refractivity contribution in [2.75, 3.05) is 5.32 Å². The lowest BCUT2D eigenvalue weighted by molar-refractivity contribution is -0.139. The van der Waals surface area contributed by atoms with Gasteiger partial charge >= 0.3 is 5.97 Å². The molecule has 3 rings (SSSR count). The van der Waals surface area contributed by atoms with Crippen LogP contribution in [0.15, 0.2) is 29.6 Å². The number of hydrogen-bond acceptors (Lipinski definition) is 4. The standard InChI is InChI=1S/C15H14N2O3S/c1-8-7-21-14(16-8)9-2-4-10(5-3-9)17-13(18)11-6-12(11)15(19)20/h2-5,7,11-12H,6H2,1H3,(H,17,18)(H,19,20). The molecule has 1 heterocycles. The summed E-state index contributed by atoms with van der Waals surface area (Å²) in [4.78, 5) is 27.0. The molecule has 1 aromatic carbocycles. The molecule has 1 amide bonds. The maximum absolute atomic E-state index is 11.9. The van der Waals surface area contributed by atoms with Crippen molar-refractivity contribution in [2.45, 2.75) is 13.3 Å². The fraction of sp³-hybridized carbons (Fsp3) is 0.267. The first-order valence-electron chi connectivity index (χ1n) is 6.61. The number of nitrogens with one attached hydrogen (secondary N) is 1. The number of carbonyl (C=O) groups is 2. The van der Waals surface area contributed by atoms with Crippen molar-refractivity contribution >= 4 is 28.9 Å². The predicted molar refractivity (Wildman–Crippen MR) is 80.1 cm³/mol. The van der Waals surface area contributed by atoms with Crippen molar-refractivity contribution in [3.8, 4) is 10.6 Å². The van der Waals surface area contributed by atoms with E-state index < -0.39 is 17.8 Å². The van der Waals surface area contributed by atoms with E-state index in [9.17, 15) is 9.59 Å². The minimum Gasteiger partial charge on any atom is -0.481 e. The predicted octanol–water partition coefficient (Wildman–Crippen LogP) is 2.78. The fourth-order valence-corrected chi connectivity index (χ4v) is 2.98. The molecular weight excluding hydrogens is 288 g/mol. The average Bonchev–Trinajstić information content (AvgIpc) is 3.16. The monoisotopic (exact) mass is 302 g/mol. The minimum absolute atomic E-state index is 0.222. The van der Waals surface area contributed by atoms with E-state index in [0.29, 0.717) is 12.1 Å². The molecule has 108 valence electrons. The largest absolute Gasteiger partial charge is 0.481 e. The van der Waals surface area contributed by atoms with Crippen LogP contribution in [0.1, 0.15) is 12.1 Å². The lowest BCUT2D eigenvalue weighted by Gasteiger charge is -2.05. The third-order valence-electron chi connectivity index (χ3n) is 3.46. The van der Waals surface area contributed by atoms with E-state index in [-0.39, 0.29) is 5.91 Å². The molecular formula is C15H14N2O3S. The van der Waals surface area contributed by atoms with Crippen molar-refractivity contribution < 1.29 is 14.7 Å². The first kappa shape index (κ1) is 13.8. The molecule has 0 radical (unpaired) electrons. The number of amides is 1. The number of nitrogens with zero attached hydrogens (tertiary/aromatic N) is 1. The summed E-state index contributed by atoms with van der Waals surface area (Å²) in [5.74, 6) is -2.05. The van der Waals surface area contributed by atoms with Crippen molar-refractivity contribution in [1.82, 2.24) is 4.98 Å². The number of anilines is 1. The maximum Gasteiger partial charge on any atom is 0.307 e. The van der Waals surface area contributed by atoms with Crippen LogP contribution >= 0.6 is 11.3 Å². The van der Waals surface area contributed by atoms with Crippen LogP contribution in [0, 0.1) is 18.8 Å². The lowest BCUT2D eigenvalue weighted by Crippen LogP contribution is -2.16. The average molecular weight is 302 g/mol. The zero-order chi connectivity index (χ0) is 15.0. The van der Waals surface area contributed by atoms with Crippen molar-refractivity contribution in [1.29, 1.82) is 0 Å². The van der Waals surface area contributed by atoms with E-state index >= 15 is 0 Å². The van der Waals surface area contributed by atoms with Gasteiger partial charge in [-0.15, -0.1) is 11.3 Å². The zero-order valence-corrected chi connectivity index (χ0v) is 12.2. The minimum atomic E-state index is -0.898. The fourth-order valence-electron chi connectivity index (χ4n) is 2.18. The van der Waals surface area contributed by atoms with Crippen LogP contribution in [-0.2, 0) is 9.59 Å². The second-order valence-corrected chi connectivity index (χ2v) is 6.01. The van der Waals surface area contributed by atoms with Gasteiger partial charge in [-0.1, -0.05) is 0 Å². The van der Waals surface area contributed by atoms with Crippen LogP contribution in [0.25, 0.3) is 10.6 Å². The Labute approximate surface area is 125 Å². The van der Waals surface area contributed by atoms with Gasteiger partial charge in [0.05, 0.1) is 11.8 Å². The van der Waals surface area contributed by atoms with E-state index in [1.807, 2.05) is 36.6 Å². The first-order chi connectivity index (χ1) is 10.0. The molecule has 1 aromatic heterocycles. The Kier molecular flexibility index (Phi) is 3.47. The molecule has 0 bridgehead atoms. The summed E-state index contributed by atoms with van der Waals surface area (Å²) in [6, 6.07) is 7.41. The van der Waals surface area contributed by atoms with Crippen molar-refractivity contribution in [2.24, 2.45) is 11.8 Å². The molecule has 1 aliphatic carbocycles. The highest BCUT2D eigenvalue weighted by atomic mass is 32.1. The highest BCUT2D eigenvalue weighted by molar-refractivity contribution is 7.13. The third kappa shape index (κ3) is 2.95.